The fraction of sp³-hybridized carbons (Fsp3) is 0.364. The first-order chi connectivity index (χ1) is 8.43. The summed E-state index contributed by atoms with van der Waals surface area (Å²) in [5.74, 6) is -0.684. The highest BCUT2D eigenvalue weighted by atomic mass is 16.6. The van der Waals surface area contributed by atoms with E-state index in [1.165, 1.54) is 12.1 Å². The van der Waals surface area contributed by atoms with E-state index >= 15 is 0 Å². The molecule has 1 rings (SSSR count). The lowest BCUT2D eigenvalue weighted by atomic mass is 10.1. The van der Waals surface area contributed by atoms with Gasteiger partial charge in [-0.2, -0.15) is 0 Å². The first kappa shape index (κ1) is 13.9. The number of hydrogen-bond donors (Lipinski definition) is 3. The van der Waals surface area contributed by atoms with Gasteiger partial charge in [0.25, 0.3) is 5.69 Å². The third-order valence-corrected chi connectivity index (χ3v) is 2.44. The summed E-state index contributed by atoms with van der Waals surface area (Å²) >= 11 is 0. The van der Waals surface area contributed by atoms with Gasteiger partial charge < -0.3 is 16.2 Å². The molecule has 0 radical (unpaired) electrons. The number of phenols is 1. The largest absolute Gasteiger partial charge is 0.506 e. The van der Waals surface area contributed by atoms with Gasteiger partial charge in [-0.05, 0) is 12.5 Å². The van der Waals surface area contributed by atoms with Crippen molar-refractivity contribution in [1.82, 2.24) is 0 Å². The summed E-state index contributed by atoms with van der Waals surface area (Å²) in [4.78, 5) is 21.4. The van der Waals surface area contributed by atoms with Crippen LogP contribution in [0.1, 0.15) is 19.8 Å². The van der Waals surface area contributed by atoms with E-state index in [1.807, 2.05) is 6.92 Å². The Morgan fingerprint density at radius 2 is 2.28 bits per heavy atom. The average Bonchev–Trinajstić information content (AvgIpc) is 2.31. The topological polar surface area (TPSA) is 118 Å². The number of nitrogens with zero attached hydrogens (tertiary/aromatic N) is 1. The molecular weight excluding hydrogens is 238 g/mol. The van der Waals surface area contributed by atoms with Gasteiger partial charge in [0, 0.05) is 18.5 Å². The highest BCUT2D eigenvalue weighted by Crippen LogP contribution is 2.27. The molecule has 0 bridgehead atoms. The van der Waals surface area contributed by atoms with E-state index in [0.29, 0.717) is 6.42 Å². The lowest BCUT2D eigenvalue weighted by molar-refractivity contribution is -0.384. The van der Waals surface area contributed by atoms with Crippen molar-refractivity contribution in [1.29, 1.82) is 0 Å². The number of rotatable bonds is 5. The summed E-state index contributed by atoms with van der Waals surface area (Å²) in [7, 11) is 0. The van der Waals surface area contributed by atoms with Crippen LogP contribution in [0.4, 0.5) is 11.4 Å². The summed E-state index contributed by atoms with van der Waals surface area (Å²) in [5.41, 5.74) is 5.51. The minimum Gasteiger partial charge on any atom is -0.506 e. The molecular formula is C11H15N3O4. The van der Waals surface area contributed by atoms with Crippen LogP contribution >= 0.6 is 0 Å². The molecule has 0 fully saturated rings. The number of nitrogens with one attached hydrogen (secondary N) is 1. The summed E-state index contributed by atoms with van der Waals surface area (Å²) in [6.45, 7) is 1.86. The van der Waals surface area contributed by atoms with Gasteiger partial charge in [0.15, 0.2) is 0 Å². The van der Waals surface area contributed by atoms with E-state index in [1.54, 1.807) is 0 Å². The normalized spacial score (nSPS) is 11.9. The molecule has 4 N–H and O–H groups in total. The molecule has 0 saturated carbocycles. The quantitative estimate of drug-likeness (QED) is 0.416. The van der Waals surface area contributed by atoms with Crippen molar-refractivity contribution in [2.24, 2.45) is 5.73 Å². The minimum atomic E-state index is -0.627. The third-order valence-electron chi connectivity index (χ3n) is 2.44. The molecule has 0 aromatic heterocycles. The number of aromatic hydroxyl groups is 1. The van der Waals surface area contributed by atoms with Gasteiger partial charge in [-0.25, -0.2) is 0 Å². The summed E-state index contributed by atoms with van der Waals surface area (Å²) < 4.78 is 0. The first-order valence-electron chi connectivity index (χ1n) is 5.47. The fourth-order valence-corrected chi connectivity index (χ4v) is 1.32. The highest BCUT2D eigenvalue weighted by Gasteiger charge is 2.13. The predicted molar refractivity (Wildman–Crippen MR) is 66.3 cm³/mol. The van der Waals surface area contributed by atoms with Crippen LogP contribution in [-0.2, 0) is 4.79 Å². The van der Waals surface area contributed by atoms with Crippen molar-refractivity contribution in [2.45, 2.75) is 25.8 Å². The van der Waals surface area contributed by atoms with E-state index in [0.717, 1.165) is 6.07 Å². The Bertz CT molecular complexity index is 462. The summed E-state index contributed by atoms with van der Waals surface area (Å²) in [5, 5.41) is 22.4. The van der Waals surface area contributed by atoms with Gasteiger partial charge in [0.2, 0.25) is 5.91 Å². The van der Waals surface area contributed by atoms with E-state index in [2.05, 4.69) is 5.32 Å². The van der Waals surface area contributed by atoms with E-state index < -0.39 is 4.92 Å². The van der Waals surface area contributed by atoms with Crippen LogP contribution in [0.2, 0.25) is 0 Å². The van der Waals surface area contributed by atoms with Crippen LogP contribution in [0.15, 0.2) is 18.2 Å². The lowest BCUT2D eigenvalue weighted by Gasteiger charge is -2.10. The van der Waals surface area contributed by atoms with Gasteiger partial charge in [0.05, 0.1) is 16.7 Å². The molecule has 7 nitrogen and oxygen atoms in total. The van der Waals surface area contributed by atoms with Crippen LogP contribution < -0.4 is 11.1 Å². The van der Waals surface area contributed by atoms with Crippen molar-refractivity contribution in [3.05, 3.63) is 28.3 Å². The maximum Gasteiger partial charge on any atom is 0.273 e. The third kappa shape index (κ3) is 3.70. The number of nitro benzene ring substituents is 1. The fourth-order valence-electron chi connectivity index (χ4n) is 1.32. The second-order valence-electron chi connectivity index (χ2n) is 3.88. The Labute approximate surface area is 104 Å². The molecule has 1 aromatic rings. The monoisotopic (exact) mass is 253 g/mol. The van der Waals surface area contributed by atoms with Gasteiger partial charge in [-0.15, -0.1) is 0 Å². The van der Waals surface area contributed by atoms with Crippen molar-refractivity contribution in [3.63, 3.8) is 0 Å². The van der Waals surface area contributed by atoms with E-state index in [9.17, 15) is 20.0 Å². The van der Waals surface area contributed by atoms with Crippen molar-refractivity contribution >= 4 is 17.3 Å². The Balaban J connectivity index is 2.74. The Kier molecular flexibility index (Phi) is 4.61. The molecule has 0 aliphatic carbocycles. The zero-order chi connectivity index (χ0) is 13.7. The molecule has 1 amide bonds. The van der Waals surface area contributed by atoms with Gasteiger partial charge in [-0.1, -0.05) is 6.92 Å². The minimum absolute atomic E-state index is 0.132. The van der Waals surface area contributed by atoms with E-state index in [4.69, 9.17) is 5.73 Å². The number of non-ortho nitro benzene ring substituents is 1. The number of anilines is 1. The van der Waals surface area contributed by atoms with Gasteiger partial charge in [0.1, 0.15) is 5.75 Å². The summed E-state index contributed by atoms with van der Waals surface area (Å²) in [6, 6.07) is 3.22. The number of amides is 1. The standard InChI is InChI=1S/C11H15N3O4/c1-2-7(12)5-11(16)13-9-4-3-8(14(17)18)6-10(9)15/h3-4,6-7,15H,2,5,12H2,1H3,(H,13,16). The number of phenolic OH excluding ortho intramolecular Hbond substituents is 1. The number of hydrogen-bond acceptors (Lipinski definition) is 5. The molecule has 0 spiro atoms. The summed E-state index contributed by atoms with van der Waals surface area (Å²) in [6.07, 6.45) is 0.798. The Morgan fingerprint density at radius 1 is 1.61 bits per heavy atom. The molecule has 0 saturated heterocycles. The van der Waals surface area contributed by atoms with Crippen LogP contribution in [0.3, 0.4) is 0 Å². The molecule has 0 aliphatic heterocycles. The lowest BCUT2D eigenvalue weighted by Crippen LogP contribution is -2.26. The maximum atomic E-state index is 11.5. The van der Waals surface area contributed by atoms with Crippen LogP contribution in [0, 0.1) is 10.1 Å². The van der Waals surface area contributed by atoms with Crippen LogP contribution in [-0.4, -0.2) is 22.0 Å². The first-order valence-corrected chi connectivity index (χ1v) is 5.47. The SMILES string of the molecule is CCC(N)CC(=O)Nc1ccc([N+](=O)[O-])cc1O. The van der Waals surface area contributed by atoms with Crippen LogP contribution in [0.5, 0.6) is 5.75 Å². The second kappa shape index (κ2) is 5.97. The van der Waals surface area contributed by atoms with Crippen molar-refractivity contribution < 1.29 is 14.8 Å². The Morgan fingerprint density at radius 3 is 2.78 bits per heavy atom. The van der Waals surface area contributed by atoms with E-state index in [-0.39, 0.29) is 35.5 Å². The molecule has 7 heteroatoms. The number of nitrogens with two attached hydrogens (primary N) is 1. The molecule has 1 atom stereocenters. The number of benzene rings is 1. The molecule has 1 aromatic carbocycles. The number of carbonyl (C=O) groups excluding carboxylic acids is 1. The molecule has 18 heavy (non-hydrogen) atoms. The maximum absolute atomic E-state index is 11.5. The number of nitro groups is 1. The van der Waals surface area contributed by atoms with Gasteiger partial charge in [-0.3, -0.25) is 14.9 Å². The average molecular weight is 253 g/mol. The Hall–Kier alpha value is -2.15. The van der Waals surface area contributed by atoms with Crippen LogP contribution in [0.25, 0.3) is 0 Å². The highest BCUT2D eigenvalue weighted by molar-refractivity contribution is 5.92. The molecule has 98 valence electrons. The predicted octanol–water partition coefficient (Wildman–Crippen LogP) is 1.37. The number of carbonyl (C=O) groups is 1. The zero-order valence-corrected chi connectivity index (χ0v) is 9.92. The second-order valence-corrected chi connectivity index (χ2v) is 3.88. The molecule has 0 aliphatic rings. The smallest absolute Gasteiger partial charge is 0.273 e. The van der Waals surface area contributed by atoms with Crippen molar-refractivity contribution in [3.8, 4) is 5.75 Å². The molecule has 1 unspecified atom stereocenters. The van der Waals surface area contributed by atoms with Crippen molar-refractivity contribution in [2.75, 3.05) is 5.32 Å². The molecule has 0 heterocycles. The zero-order valence-electron chi connectivity index (χ0n) is 9.92. The van der Waals surface area contributed by atoms with Gasteiger partial charge >= 0.3 is 0 Å².